The highest BCUT2D eigenvalue weighted by Crippen LogP contribution is 2.66. The normalized spacial score (nSPS) is 56.5. The van der Waals surface area contributed by atoms with E-state index in [0.29, 0.717) is 23.7 Å². The second-order valence-corrected chi connectivity index (χ2v) is 12.1. The molecule has 0 aromatic heterocycles. The molecule has 1 saturated heterocycles. The molecule has 8 heteroatoms. The van der Waals surface area contributed by atoms with Crippen LogP contribution < -0.4 is 0 Å². The van der Waals surface area contributed by atoms with Gasteiger partial charge in [0, 0.05) is 0 Å². The summed E-state index contributed by atoms with van der Waals surface area (Å²) in [7, 11) is 0. The van der Waals surface area contributed by atoms with Gasteiger partial charge < -0.3 is 35.0 Å². The molecule has 5 N–H and O–H groups in total. The van der Waals surface area contributed by atoms with Crippen molar-refractivity contribution in [3.05, 3.63) is 0 Å². The molecule has 0 aromatic carbocycles. The van der Waals surface area contributed by atoms with Gasteiger partial charge in [-0.05, 0) is 92.3 Å². The maximum Gasteiger partial charge on any atom is 0.335 e. The molecule has 0 aromatic rings. The topological polar surface area (TPSA) is 137 Å². The molecule has 188 valence electrons. The van der Waals surface area contributed by atoms with Crippen LogP contribution in [-0.4, -0.2) is 74.4 Å². The van der Waals surface area contributed by atoms with Gasteiger partial charge in [-0.2, -0.15) is 0 Å². The number of fused-ring (bicyclic) bond motifs is 5. The van der Waals surface area contributed by atoms with Crippen molar-refractivity contribution in [1.29, 1.82) is 0 Å². The molecule has 1 aliphatic heterocycles. The molecule has 0 spiro atoms. The molecule has 4 saturated carbocycles. The van der Waals surface area contributed by atoms with Crippen molar-refractivity contribution in [3.63, 3.8) is 0 Å². The molecular formula is C25H40O8. The van der Waals surface area contributed by atoms with E-state index in [1.807, 2.05) is 0 Å². The van der Waals surface area contributed by atoms with Crippen molar-refractivity contribution in [1.82, 2.24) is 0 Å². The summed E-state index contributed by atoms with van der Waals surface area (Å²) in [5.41, 5.74) is 0.300. The highest BCUT2D eigenvalue weighted by molar-refractivity contribution is 5.73. The molecule has 0 bridgehead atoms. The maximum absolute atomic E-state index is 11.4. The van der Waals surface area contributed by atoms with Crippen molar-refractivity contribution in [2.75, 3.05) is 0 Å². The van der Waals surface area contributed by atoms with Crippen molar-refractivity contribution in [2.45, 2.75) is 115 Å². The summed E-state index contributed by atoms with van der Waals surface area (Å²) in [6.45, 7) is 4.74. The minimum atomic E-state index is -1.70. The zero-order valence-corrected chi connectivity index (χ0v) is 19.7. The van der Waals surface area contributed by atoms with Crippen LogP contribution in [0.2, 0.25) is 0 Å². The average Bonchev–Trinajstić information content (AvgIpc) is 3.08. The van der Waals surface area contributed by atoms with Crippen molar-refractivity contribution in [3.8, 4) is 0 Å². The lowest BCUT2D eigenvalue weighted by atomic mass is 9.45. The summed E-state index contributed by atoms with van der Waals surface area (Å²) in [6.07, 6.45) is 1.19. The average molecular weight is 469 g/mol. The minimum Gasteiger partial charge on any atom is -0.479 e. The molecular weight excluding hydrogens is 428 g/mol. The Morgan fingerprint density at radius 3 is 2.27 bits per heavy atom. The maximum atomic E-state index is 11.4. The van der Waals surface area contributed by atoms with Crippen LogP contribution in [0.25, 0.3) is 0 Å². The highest BCUT2D eigenvalue weighted by atomic mass is 16.7. The largest absolute Gasteiger partial charge is 0.479 e. The molecule has 1 heterocycles. The Kier molecular flexibility index (Phi) is 6.11. The van der Waals surface area contributed by atoms with E-state index in [-0.39, 0.29) is 23.0 Å². The first-order valence-corrected chi connectivity index (χ1v) is 12.8. The van der Waals surface area contributed by atoms with Gasteiger partial charge in [0.05, 0.1) is 12.2 Å². The summed E-state index contributed by atoms with van der Waals surface area (Å²) in [4.78, 5) is 11.4. The molecule has 0 amide bonds. The lowest BCUT2D eigenvalue weighted by molar-refractivity contribution is -0.309. The number of carboxylic acid groups (broad SMARTS) is 1. The Bertz CT molecular complexity index is 761. The second-order valence-electron chi connectivity index (χ2n) is 12.1. The number of carboxylic acids is 1. The zero-order valence-electron chi connectivity index (χ0n) is 19.7. The van der Waals surface area contributed by atoms with Crippen LogP contribution in [0.3, 0.4) is 0 Å². The number of aliphatic hydroxyl groups excluding tert-OH is 4. The number of hydrogen-bond donors (Lipinski definition) is 5. The summed E-state index contributed by atoms with van der Waals surface area (Å²) in [6, 6.07) is 0. The standard InChI is InChI=1S/C25H40O8/c1-24-9-7-13(32-23-20(29)18(27)19(28)21(33-23)22(30)31)11-12(24)3-4-14-15-5-6-17(26)25(15,2)10-8-16(14)24/h12-21,23,26-29H,3-11H2,1-2H3,(H,30,31)/t12?,13?,14?,15?,16?,17-,18-,19+,20-,21-,23-,24+,25+/m1/s1. The summed E-state index contributed by atoms with van der Waals surface area (Å²) in [5, 5.41) is 50.3. The number of carbonyl (C=O) groups is 1. The lowest BCUT2D eigenvalue weighted by Crippen LogP contribution is -2.61. The number of hydrogen-bond acceptors (Lipinski definition) is 7. The van der Waals surface area contributed by atoms with Crippen LogP contribution in [0.5, 0.6) is 0 Å². The van der Waals surface area contributed by atoms with Crippen LogP contribution in [0, 0.1) is 34.5 Å². The van der Waals surface area contributed by atoms with Crippen molar-refractivity contribution in [2.24, 2.45) is 34.5 Å². The van der Waals surface area contributed by atoms with Gasteiger partial charge in [-0.3, -0.25) is 0 Å². The van der Waals surface area contributed by atoms with Gasteiger partial charge in [0.2, 0.25) is 0 Å². The molecule has 5 fully saturated rings. The Morgan fingerprint density at radius 1 is 0.848 bits per heavy atom. The Hall–Kier alpha value is -0.770. The van der Waals surface area contributed by atoms with Crippen LogP contribution in [-0.2, 0) is 14.3 Å². The smallest absolute Gasteiger partial charge is 0.335 e. The first-order valence-electron chi connectivity index (χ1n) is 12.8. The van der Waals surface area contributed by atoms with Crippen LogP contribution in [0.1, 0.15) is 71.6 Å². The van der Waals surface area contributed by atoms with E-state index in [0.717, 1.165) is 44.9 Å². The zero-order chi connectivity index (χ0) is 23.7. The summed E-state index contributed by atoms with van der Waals surface area (Å²) in [5.74, 6) is 1.05. The van der Waals surface area contributed by atoms with Gasteiger partial charge in [0.15, 0.2) is 12.4 Å². The Labute approximate surface area is 195 Å². The molecule has 0 radical (unpaired) electrons. The van der Waals surface area contributed by atoms with Gasteiger partial charge >= 0.3 is 5.97 Å². The van der Waals surface area contributed by atoms with E-state index >= 15 is 0 Å². The molecule has 33 heavy (non-hydrogen) atoms. The van der Waals surface area contributed by atoms with Crippen molar-refractivity contribution >= 4 is 5.97 Å². The van der Waals surface area contributed by atoms with E-state index in [1.165, 1.54) is 12.8 Å². The van der Waals surface area contributed by atoms with Crippen molar-refractivity contribution < 1.29 is 39.8 Å². The highest BCUT2D eigenvalue weighted by Gasteiger charge is 2.60. The monoisotopic (exact) mass is 468 g/mol. The second kappa shape index (κ2) is 8.42. The first-order chi connectivity index (χ1) is 15.6. The van der Waals surface area contributed by atoms with Crippen LogP contribution >= 0.6 is 0 Å². The molecule has 8 nitrogen and oxygen atoms in total. The molecule has 5 aliphatic rings. The van der Waals surface area contributed by atoms with Gasteiger partial charge in [0.1, 0.15) is 18.3 Å². The summed E-state index contributed by atoms with van der Waals surface area (Å²) < 4.78 is 11.4. The van der Waals surface area contributed by atoms with Gasteiger partial charge in [0.25, 0.3) is 0 Å². The third kappa shape index (κ3) is 3.67. The van der Waals surface area contributed by atoms with E-state index < -0.39 is 36.7 Å². The van der Waals surface area contributed by atoms with E-state index in [4.69, 9.17) is 9.47 Å². The van der Waals surface area contributed by atoms with Crippen LogP contribution in [0.15, 0.2) is 0 Å². The lowest BCUT2D eigenvalue weighted by Gasteiger charge is -2.61. The minimum absolute atomic E-state index is 0.0746. The SMILES string of the molecule is C[C@]12CCC(O[C@@H]3O[C@@H](C(=O)O)[C@@H](O)[C@@H](O)[C@H]3O)CC1CCC1C2CC[C@@]2(C)C1CC[C@H]2O. The number of aliphatic hydroxyl groups is 4. The van der Waals surface area contributed by atoms with Crippen LogP contribution in [0.4, 0.5) is 0 Å². The Morgan fingerprint density at radius 2 is 1.55 bits per heavy atom. The quantitative estimate of drug-likeness (QED) is 0.395. The molecule has 4 aliphatic carbocycles. The number of ether oxygens (including phenoxy) is 2. The predicted molar refractivity (Wildman–Crippen MR) is 117 cm³/mol. The predicted octanol–water partition coefficient (Wildman–Crippen LogP) is 1.67. The Balaban J connectivity index is 1.26. The first kappa shape index (κ1) is 23.9. The molecule has 13 atom stereocenters. The van der Waals surface area contributed by atoms with Gasteiger partial charge in [-0.15, -0.1) is 0 Å². The van der Waals surface area contributed by atoms with E-state index in [9.17, 15) is 30.3 Å². The number of aliphatic carboxylic acids is 1. The fourth-order valence-electron chi connectivity index (χ4n) is 8.67. The van der Waals surface area contributed by atoms with Gasteiger partial charge in [-0.25, -0.2) is 4.79 Å². The van der Waals surface area contributed by atoms with E-state index in [2.05, 4.69) is 13.8 Å². The molecule has 5 unspecified atom stereocenters. The third-order valence-electron chi connectivity index (χ3n) is 10.7. The fraction of sp³-hybridized carbons (Fsp3) is 0.960. The third-order valence-corrected chi connectivity index (χ3v) is 10.7. The summed E-state index contributed by atoms with van der Waals surface area (Å²) >= 11 is 0. The van der Waals surface area contributed by atoms with Gasteiger partial charge in [-0.1, -0.05) is 13.8 Å². The molecule has 5 rings (SSSR count). The fourth-order valence-corrected chi connectivity index (χ4v) is 8.67. The van der Waals surface area contributed by atoms with E-state index in [1.54, 1.807) is 0 Å². The number of rotatable bonds is 3.